The number of rotatable bonds is 7. The lowest BCUT2D eigenvalue weighted by Gasteiger charge is -2.32. The Labute approximate surface area is 155 Å². The molecule has 0 aliphatic heterocycles. The van der Waals surface area contributed by atoms with Crippen molar-refractivity contribution in [1.82, 2.24) is 5.32 Å². The standard InChI is InChI=1S/C22H27NO3/c1-3-22(4-2,13-14-24)23-21(25)26-15-20-18-11-7-5-9-16(18)17-10-6-8-12-19(17)20/h5-12,20,24H,3-4,13-15H2,1-2H3,(H,23,25). The van der Waals surface area contributed by atoms with E-state index in [9.17, 15) is 9.90 Å². The fraction of sp³-hybridized carbons (Fsp3) is 0.409. The van der Waals surface area contributed by atoms with E-state index in [4.69, 9.17) is 4.74 Å². The molecule has 4 nitrogen and oxygen atoms in total. The Hall–Kier alpha value is -2.33. The predicted octanol–water partition coefficient (Wildman–Crippen LogP) is 4.47. The van der Waals surface area contributed by atoms with Crippen LogP contribution in [0.3, 0.4) is 0 Å². The second-order valence-corrected chi connectivity index (χ2v) is 6.91. The number of benzene rings is 2. The van der Waals surface area contributed by atoms with Crippen molar-refractivity contribution < 1.29 is 14.6 Å². The van der Waals surface area contributed by atoms with Crippen LogP contribution in [-0.2, 0) is 4.74 Å². The SMILES string of the molecule is CCC(CC)(CCO)NC(=O)OCC1c2ccccc2-c2ccccc21. The number of fused-ring (bicyclic) bond motifs is 3. The Balaban J connectivity index is 1.73. The zero-order valence-electron chi connectivity index (χ0n) is 15.5. The largest absolute Gasteiger partial charge is 0.449 e. The molecule has 26 heavy (non-hydrogen) atoms. The highest BCUT2D eigenvalue weighted by Crippen LogP contribution is 2.44. The van der Waals surface area contributed by atoms with Crippen molar-refractivity contribution in [2.45, 2.75) is 44.6 Å². The van der Waals surface area contributed by atoms with Gasteiger partial charge < -0.3 is 15.2 Å². The highest BCUT2D eigenvalue weighted by molar-refractivity contribution is 5.79. The number of hydrogen-bond donors (Lipinski definition) is 2. The van der Waals surface area contributed by atoms with Crippen molar-refractivity contribution in [2.75, 3.05) is 13.2 Å². The van der Waals surface area contributed by atoms with E-state index in [1.807, 2.05) is 38.1 Å². The number of amides is 1. The Morgan fingerprint density at radius 2 is 1.58 bits per heavy atom. The van der Waals surface area contributed by atoms with Crippen LogP contribution < -0.4 is 5.32 Å². The monoisotopic (exact) mass is 353 g/mol. The lowest BCUT2D eigenvalue weighted by atomic mass is 9.89. The molecule has 138 valence electrons. The molecule has 0 radical (unpaired) electrons. The third-order valence-electron chi connectivity index (χ3n) is 5.65. The molecule has 0 unspecified atom stereocenters. The smallest absolute Gasteiger partial charge is 0.407 e. The van der Waals surface area contributed by atoms with Gasteiger partial charge in [0.25, 0.3) is 0 Å². The molecule has 0 fully saturated rings. The van der Waals surface area contributed by atoms with Crippen molar-refractivity contribution in [3.63, 3.8) is 0 Å². The van der Waals surface area contributed by atoms with Crippen LogP contribution in [0.25, 0.3) is 11.1 Å². The summed E-state index contributed by atoms with van der Waals surface area (Å²) in [6, 6.07) is 16.6. The number of carbonyl (C=O) groups is 1. The molecule has 2 aromatic rings. The molecule has 1 aliphatic carbocycles. The first kappa shape index (κ1) is 18.5. The molecule has 0 atom stereocenters. The van der Waals surface area contributed by atoms with Crippen LogP contribution in [0.15, 0.2) is 48.5 Å². The van der Waals surface area contributed by atoms with Crippen LogP contribution >= 0.6 is 0 Å². The van der Waals surface area contributed by atoms with Crippen LogP contribution in [0.1, 0.15) is 50.2 Å². The van der Waals surface area contributed by atoms with Crippen molar-refractivity contribution in [3.05, 3.63) is 59.7 Å². The summed E-state index contributed by atoms with van der Waals surface area (Å²) in [6.07, 6.45) is 1.64. The summed E-state index contributed by atoms with van der Waals surface area (Å²) in [5.41, 5.74) is 4.43. The lowest BCUT2D eigenvalue weighted by Crippen LogP contribution is -2.48. The van der Waals surface area contributed by atoms with E-state index in [-0.39, 0.29) is 12.5 Å². The first-order chi connectivity index (χ1) is 12.6. The molecule has 0 heterocycles. The summed E-state index contributed by atoms with van der Waals surface area (Å²) in [5.74, 6) is 0.0589. The third-order valence-corrected chi connectivity index (χ3v) is 5.65. The Morgan fingerprint density at radius 3 is 2.08 bits per heavy atom. The molecule has 2 N–H and O–H groups in total. The third kappa shape index (κ3) is 3.47. The molecule has 0 bridgehead atoms. The van der Waals surface area contributed by atoms with E-state index in [0.29, 0.717) is 13.0 Å². The van der Waals surface area contributed by atoms with Gasteiger partial charge in [-0.25, -0.2) is 4.79 Å². The maximum atomic E-state index is 12.4. The van der Waals surface area contributed by atoms with Crippen molar-refractivity contribution in [2.24, 2.45) is 0 Å². The van der Waals surface area contributed by atoms with Crippen LogP contribution in [-0.4, -0.2) is 30.0 Å². The highest BCUT2D eigenvalue weighted by atomic mass is 16.5. The van der Waals surface area contributed by atoms with E-state index >= 15 is 0 Å². The van der Waals surface area contributed by atoms with Gasteiger partial charge in [-0.1, -0.05) is 62.4 Å². The number of aliphatic hydroxyl groups is 1. The van der Waals surface area contributed by atoms with Crippen LogP contribution in [0.5, 0.6) is 0 Å². The molecule has 3 rings (SSSR count). The maximum absolute atomic E-state index is 12.4. The Bertz CT molecular complexity index is 722. The number of ether oxygens (including phenoxy) is 1. The second-order valence-electron chi connectivity index (χ2n) is 6.91. The van der Waals surface area contributed by atoms with E-state index in [0.717, 1.165) is 12.8 Å². The predicted molar refractivity (Wildman–Crippen MR) is 103 cm³/mol. The zero-order chi connectivity index (χ0) is 18.6. The molecule has 0 aromatic heterocycles. The van der Waals surface area contributed by atoms with E-state index in [2.05, 4.69) is 29.6 Å². The number of alkyl carbamates (subject to hydrolysis) is 1. The van der Waals surface area contributed by atoms with E-state index in [1.165, 1.54) is 22.3 Å². The summed E-state index contributed by atoms with van der Waals surface area (Å²) in [5, 5.41) is 12.3. The van der Waals surface area contributed by atoms with Crippen LogP contribution in [0, 0.1) is 0 Å². The van der Waals surface area contributed by atoms with Crippen molar-refractivity contribution in [3.8, 4) is 11.1 Å². The fourth-order valence-electron chi connectivity index (χ4n) is 3.91. The fourth-order valence-corrected chi connectivity index (χ4v) is 3.91. The molecule has 4 heteroatoms. The average molecular weight is 353 g/mol. The van der Waals surface area contributed by atoms with Gasteiger partial charge in [-0.2, -0.15) is 0 Å². The van der Waals surface area contributed by atoms with Gasteiger partial charge in [0.1, 0.15) is 6.61 Å². The first-order valence-electron chi connectivity index (χ1n) is 9.38. The highest BCUT2D eigenvalue weighted by Gasteiger charge is 2.31. The number of nitrogens with one attached hydrogen (secondary N) is 1. The molecule has 0 spiro atoms. The molecule has 0 saturated heterocycles. The number of aliphatic hydroxyl groups excluding tert-OH is 1. The Kier molecular flexibility index (Phi) is 5.62. The summed E-state index contributed by atoms with van der Waals surface area (Å²) in [7, 11) is 0. The van der Waals surface area contributed by atoms with Gasteiger partial charge >= 0.3 is 6.09 Å². The zero-order valence-corrected chi connectivity index (χ0v) is 15.5. The molecule has 2 aromatic carbocycles. The van der Waals surface area contributed by atoms with Gasteiger partial charge in [-0.05, 0) is 41.5 Å². The first-order valence-corrected chi connectivity index (χ1v) is 9.38. The lowest BCUT2D eigenvalue weighted by molar-refractivity contribution is 0.119. The van der Waals surface area contributed by atoms with Gasteiger partial charge in [0, 0.05) is 18.1 Å². The van der Waals surface area contributed by atoms with E-state index in [1.54, 1.807) is 0 Å². The van der Waals surface area contributed by atoms with Gasteiger partial charge in [0.05, 0.1) is 0 Å². The number of hydrogen-bond acceptors (Lipinski definition) is 3. The minimum absolute atomic E-state index is 0.0470. The maximum Gasteiger partial charge on any atom is 0.407 e. The normalized spacial score (nSPS) is 13.2. The molecule has 1 aliphatic rings. The Morgan fingerprint density at radius 1 is 1.04 bits per heavy atom. The van der Waals surface area contributed by atoms with Crippen LogP contribution in [0.4, 0.5) is 4.79 Å². The van der Waals surface area contributed by atoms with Gasteiger partial charge in [0.2, 0.25) is 0 Å². The number of carbonyl (C=O) groups excluding carboxylic acids is 1. The van der Waals surface area contributed by atoms with Gasteiger partial charge in [-0.3, -0.25) is 0 Å². The van der Waals surface area contributed by atoms with Gasteiger partial charge in [0.15, 0.2) is 0 Å². The summed E-state index contributed by atoms with van der Waals surface area (Å²) in [6.45, 7) is 4.39. The van der Waals surface area contributed by atoms with E-state index < -0.39 is 11.6 Å². The minimum atomic E-state index is -0.413. The summed E-state index contributed by atoms with van der Waals surface area (Å²) in [4.78, 5) is 12.4. The summed E-state index contributed by atoms with van der Waals surface area (Å²) >= 11 is 0. The molecule has 1 amide bonds. The second kappa shape index (κ2) is 7.92. The van der Waals surface area contributed by atoms with Crippen molar-refractivity contribution in [1.29, 1.82) is 0 Å². The quantitative estimate of drug-likeness (QED) is 0.772. The summed E-state index contributed by atoms with van der Waals surface area (Å²) < 4.78 is 5.61. The minimum Gasteiger partial charge on any atom is -0.449 e. The average Bonchev–Trinajstić information content (AvgIpc) is 3.00. The molecule has 0 saturated carbocycles. The molecular weight excluding hydrogens is 326 g/mol. The van der Waals surface area contributed by atoms with Gasteiger partial charge in [-0.15, -0.1) is 0 Å². The van der Waals surface area contributed by atoms with Crippen molar-refractivity contribution >= 4 is 6.09 Å². The van der Waals surface area contributed by atoms with Crippen LogP contribution in [0.2, 0.25) is 0 Å². The topological polar surface area (TPSA) is 58.6 Å². The molecular formula is C22H27NO3.